The first-order chi connectivity index (χ1) is 13.2. The van der Waals surface area contributed by atoms with Crippen LogP contribution in [0.2, 0.25) is 0 Å². The number of aliphatic carboxylic acids is 1. The maximum absolute atomic E-state index is 12.8. The highest BCUT2D eigenvalue weighted by molar-refractivity contribution is 5.97. The topological polar surface area (TPSA) is 84.2 Å². The van der Waals surface area contributed by atoms with E-state index in [4.69, 9.17) is 0 Å². The molecule has 0 bridgehead atoms. The van der Waals surface area contributed by atoms with Gasteiger partial charge in [-0.1, -0.05) is 24.3 Å². The van der Waals surface area contributed by atoms with Crippen molar-refractivity contribution in [3.05, 3.63) is 52.8 Å². The molecular weight excluding hydrogens is 354 g/mol. The van der Waals surface area contributed by atoms with Crippen molar-refractivity contribution >= 4 is 11.9 Å². The van der Waals surface area contributed by atoms with Gasteiger partial charge in [-0.25, -0.2) is 4.79 Å². The Bertz CT molecular complexity index is 879. The number of carbonyl (C=O) groups excluding carboxylic acids is 1. The van der Waals surface area contributed by atoms with Crippen LogP contribution in [0.5, 0.6) is 0 Å². The smallest absolute Gasteiger partial charge is 0.326 e. The summed E-state index contributed by atoms with van der Waals surface area (Å²) in [7, 11) is 0. The third-order valence-corrected chi connectivity index (χ3v) is 5.51. The number of nitrogens with one attached hydrogen (secondary N) is 1. The van der Waals surface area contributed by atoms with Gasteiger partial charge in [0.25, 0.3) is 5.91 Å². The number of nitrogens with zero attached hydrogens (tertiary/aromatic N) is 2. The highest BCUT2D eigenvalue weighted by atomic mass is 16.4. The molecule has 0 spiro atoms. The number of amides is 1. The molecule has 2 atom stereocenters. The zero-order chi connectivity index (χ0) is 20.5. The zero-order valence-electron chi connectivity index (χ0n) is 17.0. The summed E-state index contributed by atoms with van der Waals surface area (Å²) in [4.78, 5) is 24.6. The molecule has 1 heterocycles. The van der Waals surface area contributed by atoms with Crippen molar-refractivity contribution < 1.29 is 14.7 Å². The number of hydrogen-bond donors (Lipinski definition) is 2. The number of carboxylic acids is 1. The molecule has 2 unspecified atom stereocenters. The Labute approximate surface area is 166 Å². The van der Waals surface area contributed by atoms with E-state index in [1.165, 1.54) is 17.3 Å². The highest BCUT2D eigenvalue weighted by Gasteiger charge is 2.30. The number of aryl methyl sites for hydroxylation is 1. The van der Waals surface area contributed by atoms with Gasteiger partial charge < -0.3 is 10.4 Å². The van der Waals surface area contributed by atoms with Gasteiger partial charge in [0.15, 0.2) is 0 Å². The third-order valence-electron chi connectivity index (χ3n) is 5.51. The van der Waals surface area contributed by atoms with Crippen molar-refractivity contribution in [2.24, 2.45) is 0 Å². The first-order valence-electron chi connectivity index (χ1n) is 9.85. The molecule has 0 saturated carbocycles. The van der Waals surface area contributed by atoms with Crippen molar-refractivity contribution in [1.82, 2.24) is 15.1 Å². The average molecular weight is 383 g/mol. The summed E-state index contributed by atoms with van der Waals surface area (Å²) in [5, 5.41) is 16.8. The molecule has 2 N–H and O–H groups in total. The largest absolute Gasteiger partial charge is 0.480 e. The van der Waals surface area contributed by atoms with Gasteiger partial charge in [-0.3, -0.25) is 9.48 Å². The zero-order valence-corrected chi connectivity index (χ0v) is 17.0. The van der Waals surface area contributed by atoms with Gasteiger partial charge in [0.1, 0.15) is 6.04 Å². The molecule has 0 fully saturated rings. The van der Waals surface area contributed by atoms with Crippen LogP contribution in [0.3, 0.4) is 0 Å². The molecule has 0 aliphatic heterocycles. The lowest BCUT2D eigenvalue weighted by atomic mass is 9.79. The van der Waals surface area contributed by atoms with Crippen LogP contribution in [0.25, 0.3) is 0 Å². The lowest BCUT2D eigenvalue weighted by Gasteiger charge is -2.28. The maximum Gasteiger partial charge on any atom is 0.326 e. The summed E-state index contributed by atoms with van der Waals surface area (Å²) in [6.45, 7) is 7.86. The molecule has 1 aromatic heterocycles. The Morgan fingerprint density at radius 1 is 1.32 bits per heavy atom. The fourth-order valence-corrected chi connectivity index (χ4v) is 4.15. The van der Waals surface area contributed by atoms with E-state index in [9.17, 15) is 14.7 Å². The molecule has 1 amide bonds. The van der Waals surface area contributed by atoms with Crippen LogP contribution in [0.1, 0.15) is 73.1 Å². The molecule has 2 aromatic rings. The second kappa shape index (κ2) is 7.78. The van der Waals surface area contributed by atoms with Crippen LogP contribution in [0, 0.1) is 6.92 Å². The van der Waals surface area contributed by atoms with Gasteiger partial charge in [-0.15, -0.1) is 0 Å². The minimum absolute atomic E-state index is 0.143. The molecule has 0 saturated heterocycles. The number of hydrogen-bond acceptors (Lipinski definition) is 3. The van der Waals surface area contributed by atoms with E-state index in [1.807, 2.05) is 39.8 Å². The molecule has 1 aliphatic carbocycles. The van der Waals surface area contributed by atoms with E-state index < -0.39 is 12.0 Å². The van der Waals surface area contributed by atoms with Crippen LogP contribution in [0.4, 0.5) is 0 Å². The van der Waals surface area contributed by atoms with Crippen LogP contribution < -0.4 is 5.32 Å². The first-order valence-corrected chi connectivity index (χ1v) is 9.85. The van der Waals surface area contributed by atoms with E-state index in [2.05, 4.69) is 22.5 Å². The first kappa shape index (κ1) is 20.1. The highest BCUT2D eigenvalue weighted by Crippen LogP contribution is 2.34. The second-order valence-electron chi connectivity index (χ2n) is 8.61. The van der Waals surface area contributed by atoms with Crippen molar-refractivity contribution in [2.45, 2.75) is 70.9 Å². The van der Waals surface area contributed by atoms with Gasteiger partial charge in [0.2, 0.25) is 0 Å². The standard InChI is InChI=1S/C22H29N3O3/c1-14-18(13-23-25(14)22(2,3)4)20(26)24-19(21(27)28)12-16-10-7-9-15-8-5-6-11-17(15)16/h5-6,8,11,13,16,19H,7,9-10,12H2,1-4H3,(H,24,26)(H,27,28). The summed E-state index contributed by atoms with van der Waals surface area (Å²) < 4.78 is 1.79. The Hall–Kier alpha value is -2.63. The fraction of sp³-hybridized carbons (Fsp3) is 0.500. The molecule has 6 nitrogen and oxygen atoms in total. The van der Waals surface area contributed by atoms with Crippen LogP contribution in [-0.2, 0) is 16.8 Å². The Balaban J connectivity index is 1.77. The van der Waals surface area contributed by atoms with Crippen LogP contribution in [-0.4, -0.2) is 32.8 Å². The minimum Gasteiger partial charge on any atom is -0.480 e. The van der Waals surface area contributed by atoms with Crippen LogP contribution >= 0.6 is 0 Å². The second-order valence-corrected chi connectivity index (χ2v) is 8.61. The predicted octanol–water partition coefficient (Wildman–Crippen LogP) is 3.64. The number of carbonyl (C=O) groups is 2. The van der Waals surface area contributed by atoms with Crippen molar-refractivity contribution in [3.8, 4) is 0 Å². The van der Waals surface area contributed by atoms with Crippen LogP contribution in [0.15, 0.2) is 30.5 Å². The van der Waals surface area contributed by atoms with E-state index in [1.54, 1.807) is 4.68 Å². The summed E-state index contributed by atoms with van der Waals surface area (Å²) in [6, 6.07) is 7.28. The van der Waals surface area contributed by atoms with Gasteiger partial charge in [0, 0.05) is 5.69 Å². The monoisotopic (exact) mass is 383 g/mol. The number of benzene rings is 1. The van der Waals surface area contributed by atoms with Gasteiger partial charge in [-0.2, -0.15) is 5.10 Å². The minimum atomic E-state index is -1.00. The number of carboxylic acid groups (broad SMARTS) is 1. The number of fused-ring (bicyclic) bond motifs is 1. The van der Waals surface area contributed by atoms with E-state index in [-0.39, 0.29) is 17.4 Å². The SMILES string of the molecule is Cc1c(C(=O)NC(CC2CCCc3ccccc32)C(=O)O)cnn1C(C)(C)C. The van der Waals surface area contributed by atoms with Crippen molar-refractivity contribution in [2.75, 3.05) is 0 Å². The summed E-state index contributed by atoms with van der Waals surface area (Å²) >= 11 is 0. The molecule has 1 aliphatic rings. The quantitative estimate of drug-likeness (QED) is 0.826. The lowest BCUT2D eigenvalue weighted by molar-refractivity contribution is -0.139. The van der Waals surface area contributed by atoms with E-state index in [0.717, 1.165) is 25.0 Å². The molecule has 3 rings (SSSR count). The number of rotatable bonds is 5. The van der Waals surface area contributed by atoms with Gasteiger partial charge in [0.05, 0.1) is 17.3 Å². The molecular formula is C22H29N3O3. The average Bonchev–Trinajstić information content (AvgIpc) is 3.03. The fourth-order valence-electron chi connectivity index (χ4n) is 4.15. The molecule has 6 heteroatoms. The Morgan fingerprint density at radius 2 is 2.04 bits per heavy atom. The maximum atomic E-state index is 12.8. The number of aromatic nitrogens is 2. The van der Waals surface area contributed by atoms with Gasteiger partial charge in [-0.05, 0) is 70.4 Å². The third kappa shape index (κ3) is 4.11. The Morgan fingerprint density at radius 3 is 2.68 bits per heavy atom. The molecule has 0 radical (unpaired) electrons. The normalized spacial score (nSPS) is 17.6. The molecule has 1 aromatic carbocycles. The summed E-state index contributed by atoms with van der Waals surface area (Å²) in [5.41, 5.74) is 3.41. The predicted molar refractivity (Wildman–Crippen MR) is 108 cm³/mol. The lowest BCUT2D eigenvalue weighted by Crippen LogP contribution is -2.42. The van der Waals surface area contributed by atoms with Crippen molar-refractivity contribution in [3.63, 3.8) is 0 Å². The Kier molecular flexibility index (Phi) is 5.59. The molecule has 28 heavy (non-hydrogen) atoms. The van der Waals surface area contributed by atoms with Crippen molar-refractivity contribution in [1.29, 1.82) is 0 Å². The van der Waals surface area contributed by atoms with Gasteiger partial charge >= 0.3 is 5.97 Å². The molecule has 150 valence electrons. The van der Waals surface area contributed by atoms with E-state index >= 15 is 0 Å². The van der Waals surface area contributed by atoms with E-state index in [0.29, 0.717) is 12.0 Å². The summed E-state index contributed by atoms with van der Waals surface area (Å²) in [5.74, 6) is -1.24. The summed E-state index contributed by atoms with van der Waals surface area (Å²) in [6.07, 6.45) is 4.92.